The largest absolute Gasteiger partial charge is 0.504 e. The average Bonchev–Trinajstić information content (AvgIpc) is 2.77. The predicted molar refractivity (Wildman–Crippen MR) is 81.8 cm³/mol. The van der Waals surface area contributed by atoms with Gasteiger partial charge in [0.1, 0.15) is 0 Å². The van der Waals surface area contributed by atoms with Gasteiger partial charge in [-0.2, -0.15) is 0 Å². The molecule has 1 aliphatic rings. The Morgan fingerprint density at radius 3 is 2.78 bits per heavy atom. The number of hydrogen-bond donors (Lipinski definition) is 0. The Bertz CT molecular complexity index is 364. The van der Waals surface area contributed by atoms with E-state index >= 15 is 0 Å². The highest BCUT2D eigenvalue weighted by Crippen LogP contribution is 2.25. The molecule has 0 saturated carbocycles. The van der Waals surface area contributed by atoms with Crippen molar-refractivity contribution in [3.8, 4) is 0 Å². The summed E-state index contributed by atoms with van der Waals surface area (Å²) < 4.78 is 13.7. The van der Waals surface area contributed by atoms with Gasteiger partial charge >= 0.3 is 7.12 Å². The van der Waals surface area contributed by atoms with Gasteiger partial charge in [-0.15, -0.1) is 11.3 Å². The highest BCUT2D eigenvalue weighted by Gasteiger charge is 2.27. The maximum absolute atomic E-state index is 5.64. The molecule has 2 rings (SSSR count). The molecule has 5 heteroatoms. The Morgan fingerprint density at radius 1 is 1.28 bits per heavy atom. The molecule has 0 atom stereocenters. The van der Waals surface area contributed by atoms with Gasteiger partial charge in [0.15, 0.2) is 0 Å². The van der Waals surface area contributed by atoms with Crippen LogP contribution in [0.5, 0.6) is 0 Å². The fourth-order valence-electron chi connectivity index (χ4n) is 2.11. The van der Waals surface area contributed by atoms with Crippen LogP contribution in [0.4, 0.5) is 0 Å². The van der Waals surface area contributed by atoms with Crippen LogP contribution in [0.15, 0.2) is 9.85 Å². The average molecular weight is 331 g/mol. The van der Waals surface area contributed by atoms with Crippen LogP contribution in [0.1, 0.15) is 44.6 Å². The van der Waals surface area contributed by atoms with E-state index in [1.807, 2.05) is 0 Å². The monoisotopic (exact) mass is 330 g/mol. The number of thiophene rings is 1. The Hall–Kier alpha value is 0.165. The minimum Gasteiger partial charge on any atom is -0.407 e. The fraction of sp³-hybridized carbons (Fsp3) is 0.692. The first-order valence-electron chi connectivity index (χ1n) is 6.82. The van der Waals surface area contributed by atoms with Gasteiger partial charge in [-0.05, 0) is 46.8 Å². The normalized spacial score (nSPS) is 16.2. The summed E-state index contributed by atoms with van der Waals surface area (Å²) in [5.41, 5.74) is 1.41. The molecule has 100 valence electrons. The van der Waals surface area contributed by atoms with Gasteiger partial charge in [0.2, 0.25) is 0 Å². The number of halogens is 1. The lowest BCUT2D eigenvalue weighted by Gasteiger charge is -2.18. The molecule has 1 aromatic rings. The highest BCUT2D eigenvalue weighted by atomic mass is 79.9. The SMILES string of the molecule is CCCCCCc1cc(B2OCCCO2)sc1Br. The predicted octanol–water partition coefficient (Wildman–Crippen LogP) is 3.77. The summed E-state index contributed by atoms with van der Waals surface area (Å²) in [5.74, 6) is 0. The molecule has 0 unspecified atom stereocenters. The Morgan fingerprint density at radius 2 is 2.06 bits per heavy atom. The third-order valence-corrected chi connectivity index (χ3v) is 5.12. The van der Waals surface area contributed by atoms with Crippen molar-refractivity contribution in [2.45, 2.75) is 45.4 Å². The second-order valence-electron chi connectivity index (χ2n) is 4.69. The topological polar surface area (TPSA) is 18.5 Å². The van der Waals surface area contributed by atoms with E-state index in [9.17, 15) is 0 Å². The molecular weight excluding hydrogens is 311 g/mol. The minimum absolute atomic E-state index is 0.135. The van der Waals surface area contributed by atoms with Crippen molar-refractivity contribution < 1.29 is 9.31 Å². The van der Waals surface area contributed by atoms with Crippen LogP contribution in [0.2, 0.25) is 0 Å². The summed E-state index contributed by atoms with van der Waals surface area (Å²) in [7, 11) is -0.135. The molecule has 0 aliphatic carbocycles. The molecule has 1 fully saturated rings. The van der Waals surface area contributed by atoms with Gasteiger partial charge in [0.25, 0.3) is 0 Å². The van der Waals surface area contributed by atoms with Crippen LogP contribution in [0, 0.1) is 0 Å². The lowest BCUT2D eigenvalue weighted by Crippen LogP contribution is -2.39. The third-order valence-electron chi connectivity index (χ3n) is 3.14. The van der Waals surface area contributed by atoms with Gasteiger partial charge in [-0.3, -0.25) is 0 Å². The third kappa shape index (κ3) is 4.09. The van der Waals surface area contributed by atoms with Crippen molar-refractivity contribution in [1.82, 2.24) is 0 Å². The van der Waals surface area contributed by atoms with E-state index in [4.69, 9.17) is 9.31 Å². The van der Waals surface area contributed by atoms with Crippen LogP contribution in [-0.4, -0.2) is 20.3 Å². The molecule has 0 amide bonds. The lowest BCUT2D eigenvalue weighted by molar-refractivity contribution is 0.144. The van der Waals surface area contributed by atoms with E-state index in [0.29, 0.717) is 0 Å². The summed E-state index contributed by atoms with van der Waals surface area (Å²) in [4.78, 5) is 0. The van der Waals surface area contributed by atoms with E-state index in [0.717, 1.165) is 26.1 Å². The zero-order valence-electron chi connectivity index (χ0n) is 10.9. The molecule has 18 heavy (non-hydrogen) atoms. The number of hydrogen-bond acceptors (Lipinski definition) is 3. The van der Waals surface area contributed by atoms with Gasteiger partial charge in [0.05, 0.1) is 3.79 Å². The van der Waals surface area contributed by atoms with Crippen LogP contribution < -0.4 is 4.78 Å². The van der Waals surface area contributed by atoms with Crippen molar-refractivity contribution in [3.63, 3.8) is 0 Å². The van der Waals surface area contributed by atoms with Crippen LogP contribution in [-0.2, 0) is 15.7 Å². The van der Waals surface area contributed by atoms with Crippen LogP contribution in [0.3, 0.4) is 0 Å². The van der Waals surface area contributed by atoms with E-state index < -0.39 is 0 Å². The maximum Gasteiger partial charge on any atom is 0.504 e. The summed E-state index contributed by atoms with van der Waals surface area (Å²) in [5, 5.41) is 0. The first kappa shape index (κ1) is 14.6. The van der Waals surface area contributed by atoms with Crippen molar-refractivity contribution >= 4 is 39.2 Å². The molecule has 0 aromatic carbocycles. The second kappa shape index (κ2) is 7.68. The van der Waals surface area contributed by atoms with Crippen LogP contribution in [0.25, 0.3) is 0 Å². The molecule has 0 spiro atoms. The summed E-state index contributed by atoms with van der Waals surface area (Å²) in [6.45, 7) is 3.87. The number of unbranched alkanes of at least 4 members (excludes halogenated alkanes) is 3. The zero-order chi connectivity index (χ0) is 12.8. The lowest BCUT2D eigenvalue weighted by atomic mass is 9.85. The van der Waals surface area contributed by atoms with Gasteiger partial charge in [-0.1, -0.05) is 26.2 Å². The zero-order valence-corrected chi connectivity index (χ0v) is 13.3. The van der Waals surface area contributed by atoms with E-state index in [2.05, 4.69) is 28.9 Å². The Balaban J connectivity index is 1.89. The molecule has 1 aromatic heterocycles. The van der Waals surface area contributed by atoms with E-state index in [1.54, 1.807) is 11.3 Å². The first-order chi connectivity index (χ1) is 8.81. The standard InChI is InChI=1S/C13H20BBrO2S/c1-2-3-4-5-7-11-10-12(18-13(11)15)14-16-8-6-9-17-14/h10H,2-9H2,1H3. The second-order valence-corrected chi connectivity index (χ2v) is 7.09. The summed E-state index contributed by atoms with van der Waals surface area (Å²) >= 11 is 5.41. The number of aryl methyl sites for hydroxylation is 1. The quantitative estimate of drug-likeness (QED) is 0.584. The molecule has 1 saturated heterocycles. The minimum atomic E-state index is -0.135. The Kier molecular flexibility index (Phi) is 6.22. The fourth-order valence-corrected chi connectivity index (χ4v) is 3.91. The van der Waals surface area contributed by atoms with Crippen molar-refractivity contribution in [1.29, 1.82) is 0 Å². The smallest absolute Gasteiger partial charge is 0.407 e. The summed E-state index contributed by atoms with van der Waals surface area (Å²) in [6, 6.07) is 2.25. The molecule has 0 radical (unpaired) electrons. The molecule has 2 heterocycles. The molecular formula is C13H20BBrO2S. The van der Waals surface area contributed by atoms with Gasteiger partial charge in [0, 0.05) is 18.0 Å². The Labute approximate surface area is 122 Å². The first-order valence-corrected chi connectivity index (χ1v) is 8.43. The van der Waals surface area contributed by atoms with Crippen molar-refractivity contribution in [2.75, 3.05) is 13.2 Å². The highest BCUT2D eigenvalue weighted by molar-refractivity contribution is 9.11. The van der Waals surface area contributed by atoms with Crippen LogP contribution >= 0.6 is 27.3 Å². The van der Waals surface area contributed by atoms with Gasteiger partial charge < -0.3 is 9.31 Å². The van der Waals surface area contributed by atoms with Crippen molar-refractivity contribution in [2.24, 2.45) is 0 Å². The van der Waals surface area contributed by atoms with Crippen molar-refractivity contribution in [3.05, 3.63) is 15.4 Å². The van der Waals surface area contributed by atoms with E-state index in [1.165, 1.54) is 39.8 Å². The van der Waals surface area contributed by atoms with E-state index in [-0.39, 0.29) is 7.12 Å². The molecule has 2 nitrogen and oxygen atoms in total. The summed E-state index contributed by atoms with van der Waals surface area (Å²) in [6.07, 6.45) is 7.39. The molecule has 0 bridgehead atoms. The van der Waals surface area contributed by atoms with Gasteiger partial charge in [-0.25, -0.2) is 0 Å². The molecule has 1 aliphatic heterocycles. The molecule has 0 N–H and O–H groups in total. The number of rotatable bonds is 6. The maximum atomic E-state index is 5.64.